The van der Waals surface area contributed by atoms with Gasteiger partial charge in [-0.25, -0.2) is 24.7 Å². The third-order valence-electron chi connectivity index (χ3n) is 11.5. The van der Waals surface area contributed by atoms with Crippen LogP contribution in [-0.2, 0) is 32.8 Å². The average molecular weight is 1100 g/mol. The number of ether oxygens (including phenoxy) is 3. The number of carbonyl (C=O) groups is 2. The second-order valence-corrected chi connectivity index (χ2v) is 18.3. The van der Waals surface area contributed by atoms with Crippen molar-refractivity contribution >= 4 is 85.0 Å². The Morgan fingerprint density at radius 2 is 0.987 bits per heavy atom. The van der Waals surface area contributed by atoms with Crippen molar-refractivity contribution in [2.24, 2.45) is 9.98 Å². The Morgan fingerprint density at radius 1 is 0.597 bits per heavy atom. The third kappa shape index (κ3) is 14.7. The van der Waals surface area contributed by atoms with Crippen LogP contribution in [0.3, 0.4) is 0 Å². The van der Waals surface area contributed by atoms with E-state index in [1.165, 1.54) is 55.6 Å². The number of hydrogen-bond donors (Lipinski definition) is 14. The standard InChI is InChI=1S/2C15H19N5O4.C9H13NO3.C6H10N4O.CH4O3S/c2*1-24-12-8-10(9(7-11(12)22)17-3-6-21)18-13-14(16)19-4-2-5-20(19)15(13)23;1-13-9-3-2-7(6-8(9)12)10-4-5-11;7-4-5(8)9-2-1-3-10(9)6(4)11;1-5(2,3)4/h2*7-8,16-17,21-22H,2-6H2,1H3;2-3,6,10-12H,4-5H2,1H3;1-3,7-8H2;1H3,(H,2,3,4). The number of phenolic OH excluding ortho intramolecular Hbond substituents is 3. The number of nitrogen functional groups attached to an aromatic ring is 2. The molecule has 0 unspecified atom stereocenters. The number of benzene rings is 3. The van der Waals surface area contributed by atoms with Gasteiger partial charge in [0.15, 0.2) is 57.6 Å². The lowest BCUT2D eigenvalue weighted by molar-refractivity contribution is -0.129. The quantitative estimate of drug-likeness (QED) is 0.0748. The average Bonchev–Trinajstić information content (AvgIpc) is 4.30. The number of nitrogens with one attached hydrogen (secondary N) is 5. The summed E-state index contributed by atoms with van der Waals surface area (Å²) >= 11 is 0. The number of amides is 2. The largest absolute Gasteiger partial charge is 0.504 e. The number of hydrogen-bond acceptors (Lipinski definition) is 23. The van der Waals surface area contributed by atoms with Gasteiger partial charge in [0.05, 0.1) is 70.2 Å². The minimum absolute atomic E-state index is 0.0505. The number of aliphatic hydroxyl groups excluding tert-OH is 3. The Labute approximate surface area is 441 Å². The van der Waals surface area contributed by atoms with Gasteiger partial charge in [0, 0.05) is 94.9 Å². The molecule has 4 fully saturated rings. The number of amidine groups is 2. The molecule has 1 aromatic heterocycles. The molecule has 16 N–H and O–H groups in total. The van der Waals surface area contributed by atoms with Gasteiger partial charge in [-0.1, -0.05) is 0 Å². The predicted octanol–water partition coefficient (Wildman–Crippen LogP) is 0.162. The van der Waals surface area contributed by atoms with Crippen molar-refractivity contribution in [2.45, 2.75) is 32.4 Å². The predicted molar refractivity (Wildman–Crippen MR) is 286 cm³/mol. The number of hydrazine groups is 2. The van der Waals surface area contributed by atoms with Crippen LogP contribution in [0.1, 0.15) is 19.3 Å². The highest BCUT2D eigenvalue weighted by Gasteiger charge is 2.43. The maximum absolute atomic E-state index is 12.4. The van der Waals surface area contributed by atoms with Crippen LogP contribution in [0.25, 0.3) is 0 Å². The molecule has 4 aromatic rings. The van der Waals surface area contributed by atoms with Crippen molar-refractivity contribution in [3.8, 4) is 34.5 Å². The van der Waals surface area contributed by atoms with Crippen molar-refractivity contribution < 1.29 is 67.4 Å². The van der Waals surface area contributed by atoms with E-state index in [2.05, 4.69) is 25.9 Å². The summed E-state index contributed by atoms with van der Waals surface area (Å²) in [6.45, 7) is 4.79. The first kappa shape index (κ1) is 59.4. The molecule has 3 aromatic carbocycles. The van der Waals surface area contributed by atoms with Crippen molar-refractivity contribution in [1.82, 2.24) is 29.4 Å². The summed E-state index contributed by atoms with van der Waals surface area (Å²) in [4.78, 5) is 44.7. The molecule has 0 saturated carbocycles. The van der Waals surface area contributed by atoms with Crippen LogP contribution in [0, 0.1) is 10.8 Å². The Hall–Kier alpha value is -8.52. The summed E-state index contributed by atoms with van der Waals surface area (Å²) in [6, 6.07) is 10.8. The van der Waals surface area contributed by atoms with E-state index in [0.29, 0.717) is 73.3 Å². The van der Waals surface area contributed by atoms with Gasteiger partial charge in [0.2, 0.25) is 0 Å². The molecule has 30 nitrogen and oxygen atoms in total. The SMILES string of the molecule is COc1cc(N=C2C(=N)N3CCCN3C2=O)c(NCCO)cc1O.COc1cc(N=C2C(=N)N3CCCN3C2=O)c(NCCO)cc1O.COc1ccc(NCCO)cc1O.CS(=O)(=O)O.Nc1c(N)n2n(c1=O)CCC2. The van der Waals surface area contributed by atoms with E-state index >= 15 is 0 Å². The number of anilines is 5. The van der Waals surface area contributed by atoms with Crippen LogP contribution >= 0.6 is 0 Å². The molecule has 2 amide bonds. The fraction of sp³-hybridized carbons (Fsp3) is 0.413. The first-order valence-electron chi connectivity index (χ1n) is 23.7. The van der Waals surface area contributed by atoms with Gasteiger partial charge < -0.3 is 72.3 Å². The molecular formula is C46H65N15O15S. The van der Waals surface area contributed by atoms with Gasteiger partial charge >= 0.3 is 0 Å². The summed E-state index contributed by atoms with van der Waals surface area (Å²) < 4.78 is 44.2. The Balaban J connectivity index is 0.000000192. The van der Waals surface area contributed by atoms with E-state index in [4.69, 9.17) is 56.4 Å². The van der Waals surface area contributed by atoms with Gasteiger partial charge in [-0.05, 0) is 31.4 Å². The molecule has 4 saturated heterocycles. The number of aromatic nitrogens is 2. The monoisotopic (exact) mass is 1100 g/mol. The molecule has 77 heavy (non-hydrogen) atoms. The summed E-state index contributed by atoms with van der Waals surface area (Å²) in [5, 5.41) is 87.0. The lowest BCUT2D eigenvalue weighted by Crippen LogP contribution is -2.33. The van der Waals surface area contributed by atoms with E-state index in [0.717, 1.165) is 38.0 Å². The molecular weight excluding hydrogens is 1030 g/mol. The van der Waals surface area contributed by atoms with E-state index < -0.39 is 10.1 Å². The highest BCUT2D eigenvalue weighted by Crippen LogP contribution is 2.40. The van der Waals surface area contributed by atoms with E-state index in [-0.39, 0.29) is 108 Å². The molecule has 0 spiro atoms. The number of fused-ring (bicyclic) bond motifs is 3. The topological polar surface area (TPSA) is 438 Å². The van der Waals surface area contributed by atoms with Crippen molar-refractivity contribution in [3.05, 3.63) is 52.8 Å². The van der Waals surface area contributed by atoms with Gasteiger partial charge in [0.25, 0.3) is 27.5 Å². The molecule has 9 rings (SSSR count). The zero-order chi connectivity index (χ0) is 56.7. The molecule has 0 bridgehead atoms. The van der Waals surface area contributed by atoms with E-state index in [1.807, 2.05) is 0 Å². The van der Waals surface area contributed by atoms with Crippen LogP contribution in [0.5, 0.6) is 34.5 Å². The second kappa shape index (κ2) is 26.8. The Morgan fingerprint density at radius 3 is 1.38 bits per heavy atom. The third-order valence-corrected chi connectivity index (χ3v) is 11.5. The number of phenols is 3. The molecule has 0 radical (unpaired) electrons. The molecule has 0 atom stereocenters. The number of nitrogens with two attached hydrogens (primary N) is 2. The van der Waals surface area contributed by atoms with Crippen LogP contribution in [-0.4, -0.2) is 201 Å². The highest BCUT2D eigenvalue weighted by atomic mass is 32.2. The number of aliphatic imine (C=N–C) groups is 2. The molecule has 6 heterocycles. The molecule has 5 aliphatic heterocycles. The van der Waals surface area contributed by atoms with Gasteiger partial charge in [0.1, 0.15) is 11.5 Å². The van der Waals surface area contributed by atoms with Crippen molar-refractivity contribution in [2.75, 3.05) is 121 Å². The maximum atomic E-state index is 12.4. The first-order chi connectivity index (χ1) is 36.6. The van der Waals surface area contributed by atoms with Crippen LogP contribution in [0.4, 0.5) is 39.9 Å². The zero-order valence-corrected chi connectivity index (χ0v) is 43.5. The van der Waals surface area contributed by atoms with Crippen LogP contribution in [0.15, 0.2) is 57.2 Å². The molecule has 31 heteroatoms. The fourth-order valence-corrected chi connectivity index (χ4v) is 8.00. The number of aliphatic hydroxyl groups is 3. The summed E-state index contributed by atoms with van der Waals surface area (Å²) in [5.74, 6) is 0.708. The fourth-order valence-electron chi connectivity index (χ4n) is 8.00. The minimum atomic E-state index is -3.67. The van der Waals surface area contributed by atoms with Crippen molar-refractivity contribution in [1.29, 1.82) is 10.8 Å². The lowest BCUT2D eigenvalue weighted by Gasteiger charge is -2.17. The maximum Gasteiger partial charge on any atom is 0.294 e. The van der Waals surface area contributed by atoms with Crippen LogP contribution in [0.2, 0.25) is 0 Å². The van der Waals surface area contributed by atoms with Crippen molar-refractivity contribution in [3.63, 3.8) is 0 Å². The number of nitrogens with zero attached hydrogens (tertiary/aromatic N) is 8. The number of carbonyl (C=O) groups excluding carboxylic acids is 2. The van der Waals surface area contributed by atoms with E-state index in [9.17, 15) is 38.1 Å². The summed E-state index contributed by atoms with van der Waals surface area (Å²) in [5.41, 5.74) is 13.5. The Bertz CT molecular complexity index is 2860. The van der Waals surface area contributed by atoms with Gasteiger partial charge in [-0.3, -0.25) is 44.5 Å². The molecule has 0 aliphatic carbocycles. The number of aromatic hydroxyl groups is 3. The van der Waals surface area contributed by atoms with E-state index in [1.54, 1.807) is 37.6 Å². The lowest BCUT2D eigenvalue weighted by atomic mass is 10.2. The zero-order valence-electron chi connectivity index (χ0n) is 42.7. The molecule has 5 aliphatic rings. The normalized spacial score (nSPS) is 16.1. The van der Waals surface area contributed by atoms with Gasteiger partial charge in [-0.15, -0.1) is 0 Å². The van der Waals surface area contributed by atoms with Crippen LogP contribution < -0.4 is 47.2 Å². The number of methoxy groups -OCH3 is 3. The molecule has 420 valence electrons. The number of rotatable bonds is 14. The minimum Gasteiger partial charge on any atom is -0.504 e. The Kier molecular flexibility index (Phi) is 20.7. The highest BCUT2D eigenvalue weighted by molar-refractivity contribution is 7.85. The van der Waals surface area contributed by atoms with Gasteiger partial charge in [-0.2, -0.15) is 8.42 Å². The smallest absolute Gasteiger partial charge is 0.294 e. The summed E-state index contributed by atoms with van der Waals surface area (Å²) in [7, 11) is 0.657. The summed E-state index contributed by atoms with van der Waals surface area (Å²) in [6.07, 6.45) is 3.35. The first-order valence-corrected chi connectivity index (χ1v) is 25.5. The second-order valence-electron chi connectivity index (χ2n) is 16.8.